The smallest absolute Gasteiger partial charge is 0.256 e. The van der Waals surface area contributed by atoms with Gasteiger partial charge in [0.25, 0.3) is 5.91 Å². The van der Waals surface area contributed by atoms with Crippen molar-refractivity contribution in [1.29, 1.82) is 0 Å². The lowest BCUT2D eigenvalue weighted by Gasteiger charge is -2.27. The van der Waals surface area contributed by atoms with E-state index in [-0.39, 0.29) is 12.1 Å². The zero-order valence-electron chi connectivity index (χ0n) is 16.6. The number of carbonyl (C=O) groups is 1. The van der Waals surface area contributed by atoms with Crippen LogP contribution in [0.4, 0.5) is 5.00 Å². The third-order valence-electron chi connectivity index (χ3n) is 5.59. The van der Waals surface area contributed by atoms with E-state index in [4.69, 9.17) is 16.3 Å². The molecule has 2 N–H and O–H groups in total. The van der Waals surface area contributed by atoms with Crippen molar-refractivity contribution in [2.45, 2.75) is 25.7 Å². The summed E-state index contributed by atoms with van der Waals surface area (Å²) >= 11 is 7.89. The van der Waals surface area contributed by atoms with Crippen LogP contribution in [0.5, 0.6) is 5.75 Å². The van der Waals surface area contributed by atoms with E-state index in [0.717, 1.165) is 47.0 Å². The number of halogens is 1. The van der Waals surface area contributed by atoms with Crippen LogP contribution in [0.1, 0.15) is 38.1 Å². The molecule has 3 aromatic rings. The van der Waals surface area contributed by atoms with Gasteiger partial charge >= 0.3 is 0 Å². The van der Waals surface area contributed by atoms with Crippen LogP contribution in [0.2, 0.25) is 5.02 Å². The first-order valence-corrected chi connectivity index (χ1v) is 11.1. The Morgan fingerprint density at radius 3 is 2.77 bits per heavy atom. The molecule has 0 fully saturated rings. The molecule has 0 aliphatic carbocycles. The van der Waals surface area contributed by atoms with Crippen LogP contribution in [0.3, 0.4) is 0 Å². The third kappa shape index (κ3) is 3.67. The molecule has 3 heterocycles. The first-order chi connectivity index (χ1) is 14.6. The number of anilines is 1. The van der Waals surface area contributed by atoms with Crippen LogP contribution in [0, 0.1) is 0 Å². The molecule has 7 heteroatoms. The van der Waals surface area contributed by atoms with Gasteiger partial charge in [-0.1, -0.05) is 41.9 Å². The minimum absolute atomic E-state index is 0.00912. The minimum atomic E-state index is -0.250. The topological polar surface area (TPSA) is 53.6 Å². The van der Waals surface area contributed by atoms with Crippen molar-refractivity contribution < 1.29 is 9.53 Å². The van der Waals surface area contributed by atoms with E-state index in [1.54, 1.807) is 11.3 Å². The number of thiophene rings is 1. The highest BCUT2D eigenvalue weighted by Gasteiger charge is 2.32. The van der Waals surface area contributed by atoms with E-state index in [1.165, 1.54) is 10.4 Å². The van der Waals surface area contributed by atoms with Gasteiger partial charge in [0.2, 0.25) is 0 Å². The number of fused-ring (bicyclic) bond motifs is 3. The summed E-state index contributed by atoms with van der Waals surface area (Å²) in [4.78, 5) is 16.4. The van der Waals surface area contributed by atoms with Crippen LogP contribution < -0.4 is 15.4 Å². The molecular formula is C23H22ClN3O2S. The van der Waals surface area contributed by atoms with Gasteiger partial charge in [0.05, 0.1) is 5.56 Å². The summed E-state index contributed by atoms with van der Waals surface area (Å²) in [6.07, 6.45) is 0.676. The van der Waals surface area contributed by atoms with E-state index < -0.39 is 0 Å². The lowest BCUT2D eigenvalue weighted by molar-refractivity contribution is 0.0935. The summed E-state index contributed by atoms with van der Waals surface area (Å²) in [7, 11) is 2.12. The minimum Gasteiger partial charge on any atom is -0.489 e. The fourth-order valence-corrected chi connectivity index (χ4v) is 5.49. The predicted molar refractivity (Wildman–Crippen MR) is 120 cm³/mol. The van der Waals surface area contributed by atoms with Gasteiger partial charge in [0, 0.05) is 28.6 Å². The van der Waals surface area contributed by atoms with Crippen molar-refractivity contribution in [2.24, 2.45) is 0 Å². The Bertz CT molecular complexity index is 1100. The fourth-order valence-electron chi connectivity index (χ4n) is 3.94. The lowest BCUT2D eigenvalue weighted by atomic mass is 10.0. The molecule has 1 atom stereocenters. The zero-order valence-corrected chi connectivity index (χ0v) is 18.1. The third-order valence-corrected chi connectivity index (χ3v) is 7.11. The van der Waals surface area contributed by atoms with Crippen LogP contribution in [-0.2, 0) is 19.6 Å². The molecule has 2 aromatic carbocycles. The number of rotatable bonds is 4. The molecule has 2 aliphatic heterocycles. The molecule has 5 nitrogen and oxygen atoms in total. The van der Waals surface area contributed by atoms with Crippen LogP contribution in [-0.4, -0.2) is 24.4 Å². The van der Waals surface area contributed by atoms with Crippen molar-refractivity contribution in [3.63, 3.8) is 0 Å². The highest BCUT2D eigenvalue weighted by atomic mass is 35.5. The molecule has 1 amide bonds. The summed E-state index contributed by atoms with van der Waals surface area (Å²) in [6.45, 7) is 2.31. The standard InChI is InChI=1S/C23H22ClN3O2S/c1-27-11-10-17-19(12-27)30-23-20(17)22(28)25-21(26-23)14-6-8-16(9-7-14)29-13-15-4-2-3-5-18(15)24/h2-9,21,26H,10-13H2,1H3,(H,25,28). The summed E-state index contributed by atoms with van der Waals surface area (Å²) in [6, 6.07) is 15.5. The van der Waals surface area contributed by atoms with Crippen molar-refractivity contribution in [3.05, 3.63) is 80.7 Å². The summed E-state index contributed by atoms with van der Waals surface area (Å²) in [5, 5.41) is 8.29. The van der Waals surface area contributed by atoms with Gasteiger partial charge < -0.3 is 20.3 Å². The van der Waals surface area contributed by atoms with Crippen LogP contribution in [0.15, 0.2) is 48.5 Å². The predicted octanol–water partition coefficient (Wildman–Crippen LogP) is 4.82. The second-order valence-electron chi connectivity index (χ2n) is 7.70. The van der Waals surface area contributed by atoms with Crippen molar-refractivity contribution >= 4 is 33.8 Å². The number of likely N-dealkylation sites (N-methyl/N-ethyl adjacent to an activating group) is 1. The molecule has 0 saturated carbocycles. The Kier molecular flexibility index (Phi) is 5.15. The number of amides is 1. The molecule has 2 aliphatic rings. The number of hydrogen-bond donors (Lipinski definition) is 2. The number of carbonyl (C=O) groups excluding carboxylic acids is 1. The summed E-state index contributed by atoms with van der Waals surface area (Å²) in [5.74, 6) is 0.769. The highest BCUT2D eigenvalue weighted by Crippen LogP contribution is 2.40. The van der Waals surface area contributed by atoms with Gasteiger partial charge in [-0.2, -0.15) is 0 Å². The van der Waals surface area contributed by atoms with E-state index in [0.29, 0.717) is 11.6 Å². The molecule has 30 heavy (non-hydrogen) atoms. The summed E-state index contributed by atoms with van der Waals surface area (Å²) < 4.78 is 5.86. The van der Waals surface area contributed by atoms with Crippen molar-refractivity contribution in [1.82, 2.24) is 10.2 Å². The molecule has 5 rings (SSSR count). The first kappa shape index (κ1) is 19.4. The number of ether oxygens (including phenoxy) is 1. The Morgan fingerprint density at radius 2 is 1.97 bits per heavy atom. The Labute approximate surface area is 184 Å². The normalized spacial score (nSPS) is 18.2. The number of nitrogens with one attached hydrogen (secondary N) is 2. The molecule has 1 aromatic heterocycles. The maximum absolute atomic E-state index is 12.8. The molecule has 1 unspecified atom stereocenters. The quantitative estimate of drug-likeness (QED) is 0.611. The van der Waals surface area contributed by atoms with E-state index in [2.05, 4.69) is 22.6 Å². The number of nitrogens with zero attached hydrogens (tertiary/aromatic N) is 1. The Morgan fingerprint density at radius 1 is 1.17 bits per heavy atom. The highest BCUT2D eigenvalue weighted by molar-refractivity contribution is 7.16. The van der Waals surface area contributed by atoms with Gasteiger partial charge in [-0.3, -0.25) is 4.79 Å². The SMILES string of the molecule is CN1CCc2c(sc3c2C(=O)NC(c2ccc(OCc4ccccc4Cl)cc2)N3)C1. The molecular weight excluding hydrogens is 418 g/mol. The monoisotopic (exact) mass is 439 g/mol. The second kappa shape index (κ2) is 7.95. The fraction of sp³-hybridized carbons (Fsp3) is 0.261. The average molecular weight is 440 g/mol. The molecule has 0 spiro atoms. The number of benzene rings is 2. The maximum Gasteiger partial charge on any atom is 0.256 e. The largest absolute Gasteiger partial charge is 0.489 e. The van der Waals surface area contributed by atoms with Crippen LogP contribution >= 0.6 is 22.9 Å². The van der Waals surface area contributed by atoms with Gasteiger partial charge in [0.15, 0.2) is 0 Å². The molecule has 0 saturated heterocycles. The van der Waals surface area contributed by atoms with E-state index in [1.807, 2.05) is 48.5 Å². The average Bonchev–Trinajstić information content (AvgIpc) is 3.11. The van der Waals surface area contributed by atoms with Crippen molar-refractivity contribution in [3.8, 4) is 5.75 Å². The summed E-state index contributed by atoms with van der Waals surface area (Å²) in [5.41, 5.74) is 3.98. The maximum atomic E-state index is 12.8. The van der Waals surface area contributed by atoms with Gasteiger partial charge in [-0.25, -0.2) is 0 Å². The zero-order chi connectivity index (χ0) is 20.7. The second-order valence-corrected chi connectivity index (χ2v) is 9.21. The van der Waals surface area contributed by atoms with E-state index >= 15 is 0 Å². The number of hydrogen-bond acceptors (Lipinski definition) is 5. The van der Waals surface area contributed by atoms with Gasteiger partial charge in [-0.05, 0) is 42.8 Å². The molecule has 154 valence electrons. The van der Waals surface area contributed by atoms with Crippen LogP contribution in [0.25, 0.3) is 0 Å². The van der Waals surface area contributed by atoms with Gasteiger partial charge in [-0.15, -0.1) is 11.3 Å². The van der Waals surface area contributed by atoms with E-state index in [9.17, 15) is 4.79 Å². The first-order valence-electron chi connectivity index (χ1n) is 9.95. The Hall–Kier alpha value is -2.54. The van der Waals surface area contributed by atoms with Crippen molar-refractivity contribution in [2.75, 3.05) is 18.9 Å². The molecule has 0 bridgehead atoms. The Balaban J connectivity index is 1.30. The van der Waals surface area contributed by atoms with Gasteiger partial charge in [0.1, 0.15) is 23.5 Å². The molecule has 0 radical (unpaired) electrons. The lowest BCUT2D eigenvalue weighted by Crippen LogP contribution is -2.38.